The van der Waals surface area contributed by atoms with Crippen molar-refractivity contribution in [2.75, 3.05) is 17.1 Å². The van der Waals surface area contributed by atoms with E-state index in [0.29, 0.717) is 4.47 Å². The molecule has 0 heterocycles. The first-order valence-corrected chi connectivity index (χ1v) is 8.82. The Labute approximate surface area is 141 Å². The molecule has 0 bridgehead atoms. The second-order valence-electron chi connectivity index (χ2n) is 4.10. The molecule has 0 fully saturated rings. The topological polar surface area (TPSA) is 58.2 Å². The summed E-state index contributed by atoms with van der Waals surface area (Å²) >= 11 is 15.2. The average molecular weight is 410 g/mol. The molecule has 0 spiro atoms. The highest BCUT2D eigenvalue weighted by Gasteiger charge is 2.17. The Morgan fingerprint density at radius 1 is 1.00 bits per heavy atom. The van der Waals surface area contributed by atoms with Crippen molar-refractivity contribution in [2.45, 2.75) is 4.90 Å². The Morgan fingerprint density at radius 3 is 2.19 bits per heavy atom. The fraction of sp³-hybridized carbons (Fsp3) is 0.0769. The number of halogens is 3. The maximum atomic E-state index is 12.3. The monoisotopic (exact) mass is 408 g/mol. The molecule has 0 aromatic heterocycles. The van der Waals surface area contributed by atoms with E-state index < -0.39 is 10.0 Å². The van der Waals surface area contributed by atoms with Crippen molar-refractivity contribution in [1.82, 2.24) is 0 Å². The van der Waals surface area contributed by atoms with Crippen molar-refractivity contribution in [3.8, 4) is 0 Å². The van der Waals surface area contributed by atoms with Gasteiger partial charge in [-0.2, -0.15) is 0 Å². The van der Waals surface area contributed by atoms with Crippen molar-refractivity contribution in [3.05, 3.63) is 50.9 Å². The second-order valence-corrected chi connectivity index (χ2v) is 7.40. The highest BCUT2D eigenvalue weighted by molar-refractivity contribution is 9.10. The fourth-order valence-corrected chi connectivity index (χ4v) is 3.56. The van der Waals surface area contributed by atoms with Crippen molar-refractivity contribution in [1.29, 1.82) is 0 Å². The molecule has 4 nitrogen and oxygen atoms in total. The summed E-state index contributed by atoms with van der Waals surface area (Å²) in [6.45, 7) is 0. The molecule has 0 saturated carbocycles. The van der Waals surface area contributed by atoms with E-state index in [1.54, 1.807) is 25.2 Å². The number of anilines is 2. The van der Waals surface area contributed by atoms with Crippen LogP contribution >= 0.6 is 39.1 Å². The molecule has 0 aliphatic heterocycles. The normalized spacial score (nSPS) is 11.2. The van der Waals surface area contributed by atoms with E-state index in [4.69, 9.17) is 23.2 Å². The van der Waals surface area contributed by atoms with Crippen LogP contribution in [-0.4, -0.2) is 15.5 Å². The van der Waals surface area contributed by atoms with Gasteiger partial charge in [-0.05, 0) is 52.3 Å². The van der Waals surface area contributed by atoms with Gasteiger partial charge in [0.05, 0.1) is 20.6 Å². The zero-order chi connectivity index (χ0) is 15.6. The van der Waals surface area contributed by atoms with Crippen LogP contribution in [0.3, 0.4) is 0 Å². The first kappa shape index (κ1) is 16.4. The Bertz CT molecular complexity index is 764. The third-order valence-corrected chi connectivity index (χ3v) is 5.89. The van der Waals surface area contributed by atoms with Crippen LogP contribution in [0.4, 0.5) is 11.4 Å². The van der Waals surface area contributed by atoms with E-state index in [-0.39, 0.29) is 20.6 Å². The van der Waals surface area contributed by atoms with Crippen molar-refractivity contribution in [3.63, 3.8) is 0 Å². The van der Waals surface area contributed by atoms with Gasteiger partial charge in [0.25, 0.3) is 10.0 Å². The number of benzene rings is 2. The molecular formula is C13H11BrCl2N2O2S. The Morgan fingerprint density at radius 2 is 1.62 bits per heavy atom. The number of sulfonamides is 1. The minimum Gasteiger partial charge on any atom is -0.388 e. The summed E-state index contributed by atoms with van der Waals surface area (Å²) < 4.78 is 27.6. The van der Waals surface area contributed by atoms with Gasteiger partial charge in [-0.3, -0.25) is 4.72 Å². The molecule has 0 unspecified atom stereocenters. The molecule has 21 heavy (non-hydrogen) atoms. The molecule has 0 aliphatic carbocycles. The lowest BCUT2D eigenvalue weighted by Crippen LogP contribution is -2.13. The third kappa shape index (κ3) is 3.63. The molecule has 2 rings (SSSR count). The van der Waals surface area contributed by atoms with Gasteiger partial charge in [0.15, 0.2) is 0 Å². The molecule has 112 valence electrons. The second kappa shape index (κ2) is 6.44. The first-order chi connectivity index (χ1) is 9.85. The van der Waals surface area contributed by atoms with Gasteiger partial charge in [-0.15, -0.1) is 0 Å². The quantitative estimate of drug-likeness (QED) is 0.725. The summed E-state index contributed by atoms with van der Waals surface area (Å²) in [6.07, 6.45) is 0. The van der Waals surface area contributed by atoms with E-state index >= 15 is 0 Å². The highest BCUT2D eigenvalue weighted by atomic mass is 79.9. The summed E-state index contributed by atoms with van der Waals surface area (Å²) in [5.41, 5.74) is 1.04. The molecule has 2 aromatic carbocycles. The maximum absolute atomic E-state index is 12.3. The van der Waals surface area contributed by atoms with Crippen LogP contribution in [0.1, 0.15) is 0 Å². The van der Waals surface area contributed by atoms with Crippen LogP contribution < -0.4 is 10.0 Å². The van der Waals surface area contributed by atoms with Crippen molar-refractivity contribution in [2.24, 2.45) is 0 Å². The average Bonchev–Trinajstić information content (AvgIpc) is 2.48. The van der Waals surface area contributed by atoms with Gasteiger partial charge in [0.1, 0.15) is 0 Å². The number of hydrogen-bond donors (Lipinski definition) is 2. The van der Waals surface area contributed by atoms with E-state index in [1.165, 1.54) is 18.2 Å². The van der Waals surface area contributed by atoms with Crippen molar-refractivity contribution < 1.29 is 8.42 Å². The lowest BCUT2D eigenvalue weighted by Gasteiger charge is -2.11. The van der Waals surface area contributed by atoms with E-state index in [2.05, 4.69) is 26.0 Å². The maximum Gasteiger partial charge on any atom is 0.261 e. The SMILES string of the molecule is CNc1ccc(S(=O)(=O)Nc2ccc(Br)c(Cl)c2Cl)cc1. The molecular weight excluding hydrogens is 399 g/mol. The van der Waals surface area contributed by atoms with Crippen molar-refractivity contribution >= 4 is 60.5 Å². The lowest BCUT2D eigenvalue weighted by atomic mass is 10.3. The predicted octanol–water partition coefficient (Wildman–Crippen LogP) is 4.60. The van der Waals surface area contributed by atoms with Crippen LogP contribution in [0.15, 0.2) is 45.8 Å². The predicted molar refractivity (Wildman–Crippen MR) is 91.0 cm³/mol. The summed E-state index contributed by atoms with van der Waals surface area (Å²) in [5.74, 6) is 0. The number of nitrogens with one attached hydrogen (secondary N) is 2. The molecule has 2 aromatic rings. The van der Waals surface area contributed by atoms with Gasteiger partial charge in [0.2, 0.25) is 0 Å². The van der Waals surface area contributed by atoms with Gasteiger partial charge < -0.3 is 5.32 Å². The Hall–Kier alpha value is -0.950. The zero-order valence-corrected chi connectivity index (χ0v) is 14.7. The number of hydrogen-bond acceptors (Lipinski definition) is 3. The Kier molecular flexibility index (Phi) is 5.03. The molecule has 0 radical (unpaired) electrons. The van der Waals surface area contributed by atoms with Gasteiger partial charge in [-0.1, -0.05) is 23.2 Å². The molecule has 0 amide bonds. The zero-order valence-electron chi connectivity index (χ0n) is 10.8. The number of rotatable bonds is 4. The van der Waals surface area contributed by atoms with E-state index in [0.717, 1.165) is 5.69 Å². The summed E-state index contributed by atoms with van der Waals surface area (Å²) in [7, 11) is -1.97. The van der Waals surface area contributed by atoms with Gasteiger partial charge in [0, 0.05) is 17.2 Å². The highest BCUT2D eigenvalue weighted by Crippen LogP contribution is 2.36. The smallest absolute Gasteiger partial charge is 0.261 e. The van der Waals surface area contributed by atoms with Crippen LogP contribution in [0.5, 0.6) is 0 Å². The van der Waals surface area contributed by atoms with E-state index in [1.807, 2.05) is 0 Å². The molecule has 8 heteroatoms. The molecule has 0 atom stereocenters. The largest absolute Gasteiger partial charge is 0.388 e. The van der Waals surface area contributed by atoms with Gasteiger partial charge >= 0.3 is 0 Å². The summed E-state index contributed by atoms with van der Waals surface area (Å²) in [4.78, 5) is 0.136. The standard InChI is InChI=1S/C13H11BrCl2N2O2S/c1-17-8-2-4-9(5-3-8)21(19,20)18-11-7-6-10(14)12(15)13(11)16/h2-7,17-18H,1H3. The molecule has 2 N–H and O–H groups in total. The summed E-state index contributed by atoms with van der Waals surface area (Å²) in [5, 5.41) is 3.31. The molecule has 0 saturated heterocycles. The van der Waals surface area contributed by atoms with Crippen LogP contribution in [-0.2, 0) is 10.0 Å². The Balaban J connectivity index is 2.35. The van der Waals surface area contributed by atoms with Crippen LogP contribution in [0.25, 0.3) is 0 Å². The third-order valence-electron chi connectivity index (χ3n) is 2.73. The lowest BCUT2D eigenvalue weighted by molar-refractivity contribution is 0.601. The fourth-order valence-electron chi connectivity index (χ4n) is 1.61. The summed E-state index contributed by atoms with van der Waals surface area (Å²) in [6, 6.07) is 9.51. The van der Waals surface area contributed by atoms with Gasteiger partial charge in [-0.25, -0.2) is 8.42 Å². The van der Waals surface area contributed by atoms with Crippen LogP contribution in [0, 0.1) is 0 Å². The molecule has 0 aliphatic rings. The minimum absolute atomic E-state index is 0.136. The van der Waals surface area contributed by atoms with Crippen LogP contribution in [0.2, 0.25) is 10.0 Å². The first-order valence-electron chi connectivity index (χ1n) is 5.79. The minimum atomic E-state index is -3.73. The van der Waals surface area contributed by atoms with E-state index in [9.17, 15) is 8.42 Å².